The molecule has 1 aliphatic rings. The minimum atomic E-state index is -0.0210. The van der Waals surface area contributed by atoms with Crippen LogP contribution in [0.1, 0.15) is 34.9 Å². The van der Waals surface area contributed by atoms with Crippen LogP contribution >= 0.6 is 0 Å². The van der Waals surface area contributed by atoms with E-state index < -0.39 is 0 Å². The maximum absolute atomic E-state index is 13.3. The van der Waals surface area contributed by atoms with Gasteiger partial charge in [-0.05, 0) is 18.9 Å². The summed E-state index contributed by atoms with van der Waals surface area (Å²) in [7, 11) is 3.80. The number of hydrogen-bond acceptors (Lipinski definition) is 4. The minimum Gasteiger partial charge on any atom is -0.372 e. The Morgan fingerprint density at radius 2 is 2.12 bits per heavy atom. The molecule has 1 atom stereocenters. The Morgan fingerprint density at radius 1 is 1.28 bits per heavy atom. The largest absolute Gasteiger partial charge is 0.372 e. The number of nitrogens with zero attached hydrogens (tertiary/aromatic N) is 4. The second-order valence-corrected chi connectivity index (χ2v) is 6.41. The molecule has 1 amide bonds. The van der Waals surface area contributed by atoms with Crippen LogP contribution in [0.4, 0.5) is 5.82 Å². The van der Waals surface area contributed by atoms with Gasteiger partial charge in [-0.3, -0.25) is 9.78 Å². The van der Waals surface area contributed by atoms with E-state index in [1.165, 1.54) is 0 Å². The van der Waals surface area contributed by atoms with Crippen LogP contribution in [-0.4, -0.2) is 38.9 Å². The smallest absolute Gasteiger partial charge is 0.256 e. The molecule has 1 fully saturated rings. The number of nitrogens with one attached hydrogen (secondary N) is 1. The lowest BCUT2D eigenvalue weighted by atomic mass is 10.1. The fraction of sp³-hybridized carbons (Fsp3) is 0.316. The molecule has 1 saturated heterocycles. The first kappa shape index (κ1) is 15.6. The number of aryl methyl sites for hydroxylation is 1. The van der Waals surface area contributed by atoms with Crippen molar-refractivity contribution in [3.8, 4) is 0 Å². The molecule has 0 saturated carbocycles. The average Bonchev–Trinajstić information content (AvgIpc) is 3.27. The summed E-state index contributed by atoms with van der Waals surface area (Å²) < 4.78 is 2.01. The molecule has 1 aliphatic heterocycles. The zero-order valence-corrected chi connectivity index (χ0v) is 14.4. The second kappa shape index (κ2) is 6.20. The van der Waals surface area contributed by atoms with Gasteiger partial charge >= 0.3 is 0 Å². The second-order valence-electron chi connectivity index (χ2n) is 6.41. The van der Waals surface area contributed by atoms with E-state index in [0.717, 1.165) is 47.4 Å². The number of carbonyl (C=O) groups is 1. The van der Waals surface area contributed by atoms with E-state index in [1.807, 2.05) is 54.0 Å². The summed E-state index contributed by atoms with van der Waals surface area (Å²) in [6.07, 6.45) is 7.28. The number of carbonyl (C=O) groups excluding carboxylic acids is 1. The summed E-state index contributed by atoms with van der Waals surface area (Å²) in [4.78, 5) is 24.0. The molecule has 6 heteroatoms. The van der Waals surface area contributed by atoms with Gasteiger partial charge in [0.25, 0.3) is 5.91 Å². The zero-order valence-electron chi connectivity index (χ0n) is 14.4. The Bertz CT molecular complexity index is 932. The quantitative estimate of drug-likeness (QED) is 0.799. The molecular formula is C19H21N5O. The predicted molar refractivity (Wildman–Crippen MR) is 97.5 cm³/mol. The van der Waals surface area contributed by atoms with Crippen molar-refractivity contribution in [3.05, 3.63) is 54.1 Å². The number of amides is 1. The highest BCUT2D eigenvalue weighted by Crippen LogP contribution is 2.33. The van der Waals surface area contributed by atoms with Gasteiger partial charge in [0.15, 0.2) is 0 Å². The summed E-state index contributed by atoms with van der Waals surface area (Å²) in [5.41, 5.74) is 2.67. The van der Waals surface area contributed by atoms with Crippen LogP contribution in [0.3, 0.4) is 0 Å². The van der Waals surface area contributed by atoms with Gasteiger partial charge in [0.05, 0.1) is 29.7 Å². The first-order chi connectivity index (χ1) is 12.2. The number of aromatic nitrogens is 3. The lowest BCUT2D eigenvalue weighted by Gasteiger charge is -2.24. The standard InChI is InChI=1S/C19H21N5O/c1-20-18-11-21-10-15(22-18)17-8-5-9-24(17)19(25)14-12-23(2)16-7-4-3-6-13(14)16/h3-4,6-7,10-12,17H,5,8-9H2,1-2H3,(H,20,22). The maximum atomic E-state index is 13.3. The molecular weight excluding hydrogens is 314 g/mol. The molecule has 4 rings (SSSR count). The monoisotopic (exact) mass is 335 g/mol. The van der Waals surface area contributed by atoms with Gasteiger partial charge < -0.3 is 14.8 Å². The summed E-state index contributed by atoms with van der Waals surface area (Å²) in [5.74, 6) is 0.790. The number of benzene rings is 1. The van der Waals surface area contributed by atoms with Crippen molar-refractivity contribution < 1.29 is 4.79 Å². The van der Waals surface area contributed by atoms with Crippen molar-refractivity contribution in [1.29, 1.82) is 0 Å². The number of para-hydroxylation sites is 1. The molecule has 3 heterocycles. The molecule has 128 valence electrons. The van der Waals surface area contributed by atoms with Crippen LogP contribution in [0, 0.1) is 0 Å². The first-order valence-electron chi connectivity index (χ1n) is 8.54. The van der Waals surface area contributed by atoms with Gasteiger partial charge in [0.1, 0.15) is 5.82 Å². The molecule has 2 aromatic heterocycles. The number of hydrogen-bond donors (Lipinski definition) is 1. The van der Waals surface area contributed by atoms with Crippen LogP contribution in [0.15, 0.2) is 42.9 Å². The van der Waals surface area contributed by atoms with Gasteiger partial charge in [0.2, 0.25) is 0 Å². The normalized spacial score (nSPS) is 17.2. The van der Waals surface area contributed by atoms with Gasteiger partial charge in [-0.25, -0.2) is 4.98 Å². The number of fused-ring (bicyclic) bond motifs is 1. The predicted octanol–water partition coefficient (Wildman–Crippen LogP) is 2.99. The molecule has 0 bridgehead atoms. The lowest BCUT2D eigenvalue weighted by molar-refractivity contribution is 0.0734. The highest BCUT2D eigenvalue weighted by atomic mass is 16.2. The van der Waals surface area contributed by atoms with Gasteiger partial charge in [-0.15, -0.1) is 0 Å². The Balaban J connectivity index is 1.71. The van der Waals surface area contributed by atoms with E-state index >= 15 is 0 Å². The van der Waals surface area contributed by atoms with E-state index in [9.17, 15) is 4.79 Å². The lowest BCUT2D eigenvalue weighted by Crippen LogP contribution is -2.31. The van der Waals surface area contributed by atoms with E-state index in [1.54, 1.807) is 12.4 Å². The first-order valence-corrected chi connectivity index (χ1v) is 8.54. The molecule has 0 aliphatic carbocycles. The SMILES string of the molecule is CNc1cncc(C2CCCN2C(=O)c2cn(C)c3ccccc23)n1. The molecule has 1 aromatic carbocycles. The number of rotatable bonds is 3. The Kier molecular flexibility index (Phi) is 3.87. The molecule has 0 radical (unpaired) electrons. The van der Waals surface area contributed by atoms with Gasteiger partial charge in [0, 0.05) is 37.7 Å². The summed E-state index contributed by atoms with van der Waals surface area (Å²) >= 11 is 0. The van der Waals surface area contributed by atoms with Crippen molar-refractivity contribution in [1.82, 2.24) is 19.4 Å². The molecule has 0 spiro atoms. The Labute approximate surface area is 146 Å². The van der Waals surface area contributed by atoms with Crippen LogP contribution < -0.4 is 5.32 Å². The van der Waals surface area contributed by atoms with Crippen LogP contribution in [0.5, 0.6) is 0 Å². The van der Waals surface area contributed by atoms with Crippen molar-refractivity contribution >= 4 is 22.6 Å². The Morgan fingerprint density at radius 3 is 2.96 bits per heavy atom. The van der Waals surface area contributed by atoms with Crippen LogP contribution in [-0.2, 0) is 7.05 Å². The van der Waals surface area contributed by atoms with E-state index in [-0.39, 0.29) is 11.9 Å². The summed E-state index contributed by atoms with van der Waals surface area (Å²) in [6, 6.07) is 7.99. The van der Waals surface area contributed by atoms with Crippen molar-refractivity contribution in [2.75, 3.05) is 18.9 Å². The number of likely N-dealkylation sites (tertiary alicyclic amines) is 1. The summed E-state index contributed by atoms with van der Waals surface area (Å²) in [6.45, 7) is 0.748. The van der Waals surface area contributed by atoms with E-state index in [2.05, 4.69) is 15.3 Å². The highest BCUT2D eigenvalue weighted by Gasteiger charge is 2.33. The molecule has 25 heavy (non-hydrogen) atoms. The van der Waals surface area contributed by atoms with E-state index in [4.69, 9.17) is 0 Å². The highest BCUT2D eigenvalue weighted by molar-refractivity contribution is 6.07. The molecule has 3 aromatic rings. The molecule has 1 unspecified atom stereocenters. The topological polar surface area (TPSA) is 63.1 Å². The van der Waals surface area contributed by atoms with E-state index in [0.29, 0.717) is 0 Å². The number of anilines is 1. The molecule has 6 nitrogen and oxygen atoms in total. The van der Waals surface area contributed by atoms with Crippen molar-refractivity contribution in [2.24, 2.45) is 7.05 Å². The van der Waals surface area contributed by atoms with Crippen LogP contribution in [0.2, 0.25) is 0 Å². The average molecular weight is 335 g/mol. The fourth-order valence-corrected chi connectivity index (χ4v) is 3.65. The van der Waals surface area contributed by atoms with Crippen LogP contribution in [0.25, 0.3) is 10.9 Å². The van der Waals surface area contributed by atoms with Crippen molar-refractivity contribution in [2.45, 2.75) is 18.9 Å². The third-order valence-electron chi connectivity index (χ3n) is 4.89. The zero-order chi connectivity index (χ0) is 17.4. The Hall–Kier alpha value is -2.89. The van der Waals surface area contributed by atoms with Gasteiger partial charge in [-0.2, -0.15) is 0 Å². The molecule has 1 N–H and O–H groups in total. The van der Waals surface area contributed by atoms with Crippen molar-refractivity contribution in [3.63, 3.8) is 0 Å². The third-order valence-corrected chi connectivity index (χ3v) is 4.89. The van der Waals surface area contributed by atoms with Gasteiger partial charge in [-0.1, -0.05) is 18.2 Å². The maximum Gasteiger partial charge on any atom is 0.256 e. The summed E-state index contributed by atoms with van der Waals surface area (Å²) in [5, 5.41) is 4.01. The third kappa shape index (κ3) is 2.63. The fourth-order valence-electron chi connectivity index (χ4n) is 3.65. The minimum absolute atomic E-state index is 0.0210.